The third kappa shape index (κ3) is 2.30. The molecule has 2 bridgehead atoms. The fourth-order valence-corrected chi connectivity index (χ4v) is 4.41. The first-order valence-electron chi connectivity index (χ1n) is 7.57. The molecule has 3 rings (SSSR count). The third-order valence-corrected chi connectivity index (χ3v) is 5.45. The maximum Gasteiger partial charge on any atom is 0.0101 e. The van der Waals surface area contributed by atoms with Gasteiger partial charge in [-0.1, -0.05) is 26.2 Å². The van der Waals surface area contributed by atoms with Crippen LogP contribution in [-0.2, 0) is 0 Å². The van der Waals surface area contributed by atoms with Gasteiger partial charge in [0.2, 0.25) is 0 Å². The van der Waals surface area contributed by atoms with Crippen LogP contribution in [0.5, 0.6) is 0 Å². The zero-order chi connectivity index (χ0) is 11.0. The quantitative estimate of drug-likeness (QED) is 0.701. The van der Waals surface area contributed by atoms with Crippen LogP contribution in [-0.4, -0.2) is 12.1 Å². The van der Waals surface area contributed by atoms with Crippen LogP contribution in [0.15, 0.2) is 0 Å². The lowest BCUT2D eigenvalue weighted by Crippen LogP contribution is -2.41. The highest BCUT2D eigenvalue weighted by molar-refractivity contribution is 4.95. The summed E-state index contributed by atoms with van der Waals surface area (Å²) in [4.78, 5) is 0. The average Bonchev–Trinajstić information content (AvgIpc) is 2.81. The largest absolute Gasteiger partial charge is 0.311 e. The van der Waals surface area contributed by atoms with Crippen LogP contribution < -0.4 is 5.32 Å². The van der Waals surface area contributed by atoms with Crippen LogP contribution in [0.1, 0.15) is 64.7 Å². The Balaban J connectivity index is 1.50. The summed E-state index contributed by atoms with van der Waals surface area (Å²) in [6.45, 7) is 2.43. The SMILES string of the molecule is CC1CCCC(NC2CC3CCC2C3)CC1. The highest BCUT2D eigenvalue weighted by Crippen LogP contribution is 2.44. The van der Waals surface area contributed by atoms with E-state index in [1.54, 1.807) is 6.42 Å². The van der Waals surface area contributed by atoms with Gasteiger partial charge in [0.15, 0.2) is 0 Å². The van der Waals surface area contributed by atoms with Crippen molar-refractivity contribution in [3.8, 4) is 0 Å². The summed E-state index contributed by atoms with van der Waals surface area (Å²) in [5, 5.41) is 4.01. The average molecular weight is 221 g/mol. The number of hydrogen-bond acceptors (Lipinski definition) is 1. The minimum Gasteiger partial charge on any atom is -0.311 e. The summed E-state index contributed by atoms with van der Waals surface area (Å²) in [6, 6.07) is 1.76. The van der Waals surface area contributed by atoms with Crippen molar-refractivity contribution < 1.29 is 0 Å². The Bertz CT molecular complexity index is 238. The molecule has 0 aliphatic heterocycles. The smallest absolute Gasteiger partial charge is 0.0101 e. The van der Waals surface area contributed by atoms with E-state index in [0.717, 1.165) is 29.8 Å². The number of rotatable bonds is 2. The molecule has 0 aromatic heterocycles. The zero-order valence-corrected chi connectivity index (χ0v) is 10.8. The van der Waals surface area contributed by atoms with Gasteiger partial charge in [0, 0.05) is 12.1 Å². The lowest BCUT2D eigenvalue weighted by Gasteiger charge is -2.28. The van der Waals surface area contributed by atoms with E-state index >= 15 is 0 Å². The molecule has 3 saturated carbocycles. The first kappa shape index (κ1) is 11.1. The standard InChI is InChI=1S/C15H27N/c1-11-3-2-4-14(8-5-11)16-15-10-12-6-7-13(15)9-12/h11-16H,2-10H2,1H3. The predicted molar refractivity (Wildman–Crippen MR) is 68.4 cm³/mol. The molecule has 92 valence electrons. The van der Waals surface area contributed by atoms with Crippen LogP contribution in [0.3, 0.4) is 0 Å². The van der Waals surface area contributed by atoms with Gasteiger partial charge in [0.05, 0.1) is 0 Å². The van der Waals surface area contributed by atoms with Gasteiger partial charge in [0.1, 0.15) is 0 Å². The van der Waals surface area contributed by atoms with E-state index < -0.39 is 0 Å². The van der Waals surface area contributed by atoms with Crippen LogP contribution in [0, 0.1) is 17.8 Å². The Labute approximate surface area is 100 Å². The summed E-state index contributed by atoms with van der Waals surface area (Å²) in [5.41, 5.74) is 0. The second-order valence-corrected chi connectivity index (χ2v) is 6.76. The number of hydrogen-bond donors (Lipinski definition) is 1. The molecule has 3 aliphatic rings. The predicted octanol–water partition coefficient (Wildman–Crippen LogP) is 3.73. The molecule has 0 aromatic carbocycles. The molecular weight excluding hydrogens is 194 g/mol. The third-order valence-electron chi connectivity index (χ3n) is 5.45. The minimum absolute atomic E-state index is 0.856. The lowest BCUT2D eigenvalue weighted by atomic mass is 9.94. The van der Waals surface area contributed by atoms with E-state index in [0.29, 0.717) is 0 Å². The van der Waals surface area contributed by atoms with Crippen molar-refractivity contribution in [1.29, 1.82) is 0 Å². The van der Waals surface area contributed by atoms with E-state index in [9.17, 15) is 0 Å². The second-order valence-electron chi connectivity index (χ2n) is 6.76. The van der Waals surface area contributed by atoms with Crippen LogP contribution >= 0.6 is 0 Å². The molecule has 0 aromatic rings. The maximum absolute atomic E-state index is 4.01. The highest BCUT2D eigenvalue weighted by atomic mass is 15.0. The first-order valence-corrected chi connectivity index (χ1v) is 7.57. The van der Waals surface area contributed by atoms with Crippen LogP contribution in [0.2, 0.25) is 0 Å². The molecule has 0 spiro atoms. The van der Waals surface area contributed by atoms with E-state index in [2.05, 4.69) is 12.2 Å². The van der Waals surface area contributed by atoms with Crippen molar-refractivity contribution in [2.75, 3.05) is 0 Å². The summed E-state index contributed by atoms with van der Waals surface area (Å²) in [5.74, 6) is 3.12. The zero-order valence-electron chi connectivity index (χ0n) is 10.8. The summed E-state index contributed by atoms with van der Waals surface area (Å²) >= 11 is 0. The molecule has 1 heteroatoms. The van der Waals surface area contributed by atoms with E-state index in [1.165, 1.54) is 51.4 Å². The molecule has 3 aliphatic carbocycles. The van der Waals surface area contributed by atoms with Crippen molar-refractivity contribution >= 4 is 0 Å². The van der Waals surface area contributed by atoms with Crippen molar-refractivity contribution in [2.45, 2.75) is 76.8 Å². The Morgan fingerprint density at radius 3 is 2.56 bits per heavy atom. The number of nitrogens with one attached hydrogen (secondary N) is 1. The Morgan fingerprint density at radius 1 is 0.875 bits per heavy atom. The Kier molecular flexibility index (Phi) is 3.24. The minimum atomic E-state index is 0.856. The maximum atomic E-state index is 4.01. The molecule has 16 heavy (non-hydrogen) atoms. The van der Waals surface area contributed by atoms with Gasteiger partial charge in [-0.15, -0.1) is 0 Å². The molecule has 3 fully saturated rings. The molecule has 0 amide bonds. The van der Waals surface area contributed by atoms with Crippen molar-refractivity contribution in [2.24, 2.45) is 17.8 Å². The van der Waals surface area contributed by atoms with Gasteiger partial charge in [0.25, 0.3) is 0 Å². The van der Waals surface area contributed by atoms with Gasteiger partial charge >= 0.3 is 0 Å². The fraction of sp³-hybridized carbons (Fsp3) is 1.00. The second kappa shape index (κ2) is 4.68. The number of fused-ring (bicyclic) bond motifs is 2. The topological polar surface area (TPSA) is 12.0 Å². The van der Waals surface area contributed by atoms with Crippen LogP contribution in [0.25, 0.3) is 0 Å². The van der Waals surface area contributed by atoms with Gasteiger partial charge in [-0.2, -0.15) is 0 Å². The molecule has 1 N–H and O–H groups in total. The van der Waals surface area contributed by atoms with Crippen molar-refractivity contribution in [3.05, 3.63) is 0 Å². The van der Waals surface area contributed by atoms with Gasteiger partial charge in [-0.25, -0.2) is 0 Å². The van der Waals surface area contributed by atoms with Crippen molar-refractivity contribution in [3.63, 3.8) is 0 Å². The van der Waals surface area contributed by atoms with Crippen molar-refractivity contribution in [1.82, 2.24) is 5.32 Å². The van der Waals surface area contributed by atoms with Crippen LogP contribution in [0.4, 0.5) is 0 Å². The molecule has 5 unspecified atom stereocenters. The highest BCUT2D eigenvalue weighted by Gasteiger charge is 2.40. The van der Waals surface area contributed by atoms with Gasteiger partial charge in [-0.3, -0.25) is 0 Å². The monoisotopic (exact) mass is 221 g/mol. The van der Waals surface area contributed by atoms with Gasteiger partial charge < -0.3 is 5.32 Å². The molecule has 0 heterocycles. The summed E-state index contributed by atoms with van der Waals surface area (Å²) < 4.78 is 0. The van der Waals surface area contributed by atoms with Gasteiger partial charge in [-0.05, 0) is 56.3 Å². The summed E-state index contributed by atoms with van der Waals surface area (Å²) in [7, 11) is 0. The van der Waals surface area contributed by atoms with E-state index in [1.807, 2.05) is 0 Å². The lowest BCUT2D eigenvalue weighted by molar-refractivity contribution is 0.302. The van der Waals surface area contributed by atoms with E-state index in [4.69, 9.17) is 0 Å². The Hall–Kier alpha value is -0.0400. The van der Waals surface area contributed by atoms with E-state index in [-0.39, 0.29) is 0 Å². The fourth-order valence-electron chi connectivity index (χ4n) is 4.41. The first-order chi connectivity index (χ1) is 7.81. The molecule has 5 atom stereocenters. The normalized spacial score (nSPS) is 48.2. The summed E-state index contributed by atoms with van der Waals surface area (Å²) in [6.07, 6.45) is 13.4. The Morgan fingerprint density at radius 2 is 1.81 bits per heavy atom. The molecule has 0 saturated heterocycles. The molecule has 1 nitrogen and oxygen atoms in total. The molecular formula is C15H27N. The molecule has 0 radical (unpaired) electrons.